The number of nitrogens with zero attached hydrogens (tertiary/aromatic N) is 1. The molecular formula is C14H17N3O. The van der Waals surface area contributed by atoms with Crippen LogP contribution in [0.3, 0.4) is 0 Å². The number of benzene rings is 1. The number of pyridine rings is 1. The third kappa shape index (κ3) is 2.33. The SMILES string of the molecule is CCC(C)(N)C(=O)Nc1cccc2ccncc12. The second-order valence-electron chi connectivity index (χ2n) is 4.63. The van der Waals surface area contributed by atoms with Crippen LogP contribution in [-0.4, -0.2) is 16.4 Å². The van der Waals surface area contributed by atoms with Gasteiger partial charge < -0.3 is 11.1 Å². The first-order valence-electron chi connectivity index (χ1n) is 5.97. The number of carbonyl (C=O) groups is 1. The molecule has 4 nitrogen and oxygen atoms in total. The van der Waals surface area contributed by atoms with E-state index in [-0.39, 0.29) is 5.91 Å². The topological polar surface area (TPSA) is 68.0 Å². The summed E-state index contributed by atoms with van der Waals surface area (Å²) < 4.78 is 0. The number of hydrogen-bond donors (Lipinski definition) is 2. The minimum Gasteiger partial charge on any atom is -0.324 e. The number of rotatable bonds is 3. The molecule has 4 heteroatoms. The van der Waals surface area contributed by atoms with Crippen molar-refractivity contribution in [3.8, 4) is 0 Å². The summed E-state index contributed by atoms with van der Waals surface area (Å²) in [5.41, 5.74) is 5.81. The maximum Gasteiger partial charge on any atom is 0.244 e. The van der Waals surface area contributed by atoms with Crippen LogP contribution in [0, 0.1) is 0 Å². The molecule has 0 aliphatic carbocycles. The molecule has 0 bridgehead atoms. The van der Waals surface area contributed by atoms with Gasteiger partial charge in [0, 0.05) is 17.8 Å². The number of nitrogens with one attached hydrogen (secondary N) is 1. The molecule has 0 fully saturated rings. The predicted octanol–water partition coefficient (Wildman–Crippen LogP) is 2.30. The number of nitrogens with two attached hydrogens (primary N) is 1. The van der Waals surface area contributed by atoms with E-state index in [1.165, 1.54) is 0 Å². The van der Waals surface area contributed by atoms with Gasteiger partial charge in [0.2, 0.25) is 5.91 Å². The Balaban J connectivity index is 2.36. The Morgan fingerprint density at radius 2 is 2.22 bits per heavy atom. The molecule has 0 spiro atoms. The van der Waals surface area contributed by atoms with Gasteiger partial charge in [-0.2, -0.15) is 0 Å². The zero-order valence-electron chi connectivity index (χ0n) is 10.6. The number of anilines is 1. The fourth-order valence-electron chi connectivity index (χ4n) is 1.65. The third-order valence-corrected chi connectivity index (χ3v) is 3.19. The highest BCUT2D eigenvalue weighted by atomic mass is 16.2. The largest absolute Gasteiger partial charge is 0.324 e. The summed E-state index contributed by atoms with van der Waals surface area (Å²) in [5, 5.41) is 4.83. The molecule has 1 unspecified atom stereocenters. The first-order chi connectivity index (χ1) is 8.54. The average molecular weight is 243 g/mol. The van der Waals surface area contributed by atoms with E-state index in [4.69, 9.17) is 5.73 Å². The molecule has 1 aromatic carbocycles. The molecule has 94 valence electrons. The molecular weight excluding hydrogens is 226 g/mol. The molecule has 2 rings (SSSR count). The smallest absolute Gasteiger partial charge is 0.244 e. The standard InChI is InChI=1S/C14H17N3O/c1-3-14(2,15)13(18)17-12-6-4-5-10-7-8-16-9-11(10)12/h4-9H,3,15H2,1-2H3,(H,17,18). The zero-order valence-corrected chi connectivity index (χ0v) is 10.6. The van der Waals surface area contributed by atoms with Crippen LogP contribution < -0.4 is 11.1 Å². The molecule has 2 aromatic rings. The maximum absolute atomic E-state index is 12.1. The summed E-state index contributed by atoms with van der Waals surface area (Å²) in [4.78, 5) is 16.1. The van der Waals surface area contributed by atoms with Crippen molar-refractivity contribution in [2.45, 2.75) is 25.8 Å². The number of carbonyl (C=O) groups excluding carboxylic acids is 1. The predicted molar refractivity (Wildman–Crippen MR) is 73.3 cm³/mol. The van der Waals surface area contributed by atoms with E-state index >= 15 is 0 Å². The molecule has 0 aliphatic heterocycles. The van der Waals surface area contributed by atoms with Crippen molar-refractivity contribution in [3.05, 3.63) is 36.7 Å². The van der Waals surface area contributed by atoms with Crippen molar-refractivity contribution in [1.29, 1.82) is 0 Å². The molecule has 1 atom stereocenters. The van der Waals surface area contributed by atoms with Crippen LogP contribution in [0.15, 0.2) is 36.7 Å². The Morgan fingerprint density at radius 1 is 1.44 bits per heavy atom. The van der Waals surface area contributed by atoms with E-state index in [2.05, 4.69) is 10.3 Å². The molecule has 1 heterocycles. The van der Waals surface area contributed by atoms with Crippen molar-refractivity contribution < 1.29 is 4.79 Å². The molecule has 0 saturated heterocycles. The Morgan fingerprint density at radius 3 is 2.94 bits per heavy atom. The summed E-state index contributed by atoms with van der Waals surface area (Å²) in [6, 6.07) is 7.64. The molecule has 3 N–H and O–H groups in total. The molecule has 0 radical (unpaired) electrons. The highest BCUT2D eigenvalue weighted by Gasteiger charge is 2.26. The van der Waals surface area contributed by atoms with Crippen molar-refractivity contribution in [2.75, 3.05) is 5.32 Å². The van der Waals surface area contributed by atoms with Crippen molar-refractivity contribution in [1.82, 2.24) is 4.98 Å². The maximum atomic E-state index is 12.1. The number of aromatic nitrogens is 1. The van der Waals surface area contributed by atoms with E-state index in [1.807, 2.05) is 31.2 Å². The zero-order chi connectivity index (χ0) is 13.2. The van der Waals surface area contributed by atoms with Crippen molar-refractivity contribution >= 4 is 22.4 Å². The van der Waals surface area contributed by atoms with Crippen LogP contribution in [0.1, 0.15) is 20.3 Å². The molecule has 1 aromatic heterocycles. The van der Waals surface area contributed by atoms with Crippen molar-refractivity contribution in [3.63, 3.8) is 0 Å². The van der Waals surface area contributed by atoms with Gasteiger partial charge >= 0.3 is 0 Å². The van der Waals surface area contributed by atoms with Gasteiger partial charge in [-0.05, 0) is 30.9 Å². The number of hydrogen-bond acceptors (Lipinski definition) is 3. The summed E-state index contributed by atoms with van der Waals surface area (Å²) in [6.07, 6.45) is 4.06. The number of amides is 1. The first kappa shape index (κ1) is 12.5. The summed E-state index contributed by atoms with van der Waals surface area (Å²) in [5.74, 6) is -0.179. The molecule has 0 aliphatic rings. The Labute approximate surface area is 106 Å². The van der Waals surface area contributed by atoms with Gasteiger partial charge in [-0.3, -0.25) is 9.78 Å². The lowest BCUT2D eigenvalue weighted by Gasteiger charge is -2.22. The average Bonchev–Trinajstić information content (AvgIpc) is 2.39. The van der Waals surface area contributed by atoms with Gasteiger partial charge in [-0.15, -0.1) is 0 Å². The van der Waals surface area contributed by atoms with E-state index in [1.54, 1.807) is 19.3 Å². The van der Waals surface area contributed by atoms with Gasteiger partial charge in [0.1, 0.15) is 0 Å². The second-order valence-corrected chi connectivity index (χ2v) is 4.63. The highest BCUT2D eigenvalue weighted by Crippen LogP contribution is 2.23. The van der Waals surface area contributed by atoms with E-state index in [0.29, 0.717) is 6.42 Å². The minimum absolute atomic E-state index is 0.179. The van der Waals surface area contributed by atoms with Crippen LogP contribution in [0.5, 0.6) is 0 Å². The first-order valence-corrected chi connectivity index (χ1v) is 5.97. The van der Waals surface area contributed by atoms with Gasteiger partial charge in [0.05, 0.1) is 11.2 Å². The van der Waals surface area contributed by atoms with Crippen molar-refractivity contribution in [2.24, 2.45) is 5.73 Å². The fourth-order valence-corrected chi connectivity index (χ4v) is 1.65. The Bertz CT molecular complexity index is 573. The molecule has 1 amide bonds. The highest BCUT2D eigenvalue weighted by molar-refractivity contribution is 6.04. The third-order valence-electron chi connectivity index (χ3n) is 3.19. The lowest BCUT2D eigenvalue weighted by molar-refractivity contribution is -0.120. The number of fused-ring (bicyclic) bond motifs is 1. The van der Waals surface area contributed by atoms with E-state index in [9.17, 15) is 4.79 Å². The second kappa shape index (κ2) is 4.74. The van der Waals surface area contributed by atoms with Gasteiger partial charge in [0.15, 0.2) is 0 Å². The monoisotopic (exact) mass is 243 g/mol. The van der Waals surface area contributed by atoms with Crippen LogP contribution >= 0.6 is 0 Å². The lowest BCUT2D eigenvalue weighted by Crippen LogP contribution is -2.47. The van der Waals surface area contributed by atoms with Gasteiger partial charge in [-0.25, -0.2) is 0 Å². The minimum atomic E-state index is -0.857. The summed E-state index contributed by atoms with van der Waals surface area (Å²) >= 11 is 0. The summed E-state index contributed by atoms with van der Waals surface area (Å²) in [7, 11) is 0. The van der Waals surface area contributed by atoms with Gasteiger partial charge in [-0.1, -0.05) is 19.1 Å². The van der Waals surface area contributed by atoms with Gasteiger partial charge in [0.25, 0.3) is 0 Å². The van der Waals surface area contributed by atoms with E-state index < -0.39 is 5.54 Å². The van der Waals surface area contributed by atoms with E-state index in [0.717, 1.165) is 16.5 Å². The molecule has 0 saturated carbocycles. The fraction of sp³-hybridized carbons (Fsp3) is 0.286. The summed E-state index contributed by atoms with van der Waals surface area (Å²) in [6.45, 7) is 3.62. The quantitative estimate of drug-likeness (QED) is 0.869. The Hall–Kier alpha value is -1.94. The van der Waals surface area contributed by atoms with Crippen LogP contribution in [0.2, 0.25) is 0 Å². The van der Waals surface area contributed by atoms with Crippen LogP contribution in [0.25, 0.3) is 10.8 Å². The normalized spacial score (nSPS) is 14.2. The molecule has 18 heavy (non-hydrogen) atoms. The van der Waals surface area contributed by atoms with Crippen LogP contribution in [-0.2, 0) is 4.79 Å². The van der Waals surface area contributed by atoms with Crippen LogP contribution in [0.4, 0.5) is 5.69 Å². The lowest BCUT2D eigenvalue weighted by atomic mass is 9.99. The Kier molecular flexibility index (Phi) is 3.30.